The topological polar surface area (TPSA) is 70.2 Å². The van der Waals surface area contributed by atoms with E-state index in [4.69, 9.17) is 4.74 Å². The van der Waals surface area contributed by atoms with Gasteiger partial charge in [-0.1, -0.05) is 19.6 Å². The van der Waals surface area contributed by atoms with E-state index in [-0.39, 0.29) is 17.6 Å². The normalized spacial score (nSPS) is 12.8. The fourth-order valence-corrected chi connectivity index (χ4v) is 2.87. The quantitative estimate of drug-likeness (QED) is 0.333. The number of aromatic nitrogens is 2. The van der Waals surface area contributed by atoms with Gasteiger partial charge >= 0.3 is 6.18 Å². The van der Waals surface area contributed by atoms with Gasteiger partial charge in [-0.2, -0.15) is 18.3 Å². The lowest BCUT2D eigenvalue weighted by Gasteiger charge is -2.15. The Balaban J connectivity index is 2.32. The van der Waals surface area contributed by atoms with Gasteiger partial charge in [0.25, 0.3) is 5.69 Å². The van der Waals surface area contributed by atoms with Crippen LogP contribution in [0.5, 0.6) is 0 Å². The summed E-state index contributed by atoms with van der Waals surface area (Å²) in [5.41, 5.74) is -1.40. The molecule has 24 heavy (non-hydrogen) atoms. The van der Waals surface area contributed by atoms with Crippen LogP contribution in [-0.4, -0.2) is 29.4 Å². The highest BCUT2D eigenvalue weighted by Gasteiger charge is 2.37. The molecule has 1 heterocycles. The number of nitro groups is 1. The highest BCUT2D eigenvalue weighted by atomic mass is 28.3. The zero-order valence-corrected chi connectivity index (χ0v) is 14.6. The van der Waals surface area contributed by atoms with Crippen molar-refractivity contribution in [3.05, 3.63) is 34.0 Å². The standard InChI is InChI=1S/C14H18F3N3O3Si/c1-24(2,3)7-6-23-9-19-12-5-4-10(20(21)22)8-11(12)13(18-19)14(15,16)17/h4-5,8H,6-7,9H2,1-3H3. The van der Waals surface area contributed by atoms with Gasteiger partial charge in [-0.3, -0.25) is 10.1 Å². The summed E-state index contributed by atoms with van der Waals surface area (Å²) in [4.78, 5) is 10.1. The van der Waals surface area contributed by atoms with Gasteiger partial charge in [0, 0.05) is 32.2 Å². The molecule has 6 nitrogen and oxygen atoms in total. The summed E-state index contributed by atoms with van der Waals surface area (Å²) in [6.07, 6.45) is -4.70. The van der Waals surface area contributed by atoms with E-state index < -0.39 is 30.6 Å². The molecule has 0 saturated heterocycles. The molecule has 0 bridgehead atoms. The molecular weight excluding hydrogens is 343 g/mol. The van der Waals surface area contributed by atoms with Gasteiger partial charge in [0.15, 0.2) is 5.69 Å². The number of halogens is 3. The second-order valence-corrected chi connectivity index (χ2v) is 12.3. The number of alkyl halides is 3. The van der Waals surface area contributed by atoms with Crippen molar-refractivity contribution in [1.82, 2.24) is 9.78 Å². The van der Waals surface area contributed by atoms with Crippen molar-refractivity contribution >= 4 is 24.7 Å². The summed E-state index contributed by atoms with van der Waals surface area (Å²) >= 11 is 0. The summed E-state index contributed by atoms with van der Waals surface area (Å²) in [5, 5.41) is 14.0. The van der Waals surface area contributed by atoms with E-state index in [0.717, 1.165) is 22.9 Å². The Hall–Kier alpha value is -1.94. The first kappa shape index (κ1) is 18.4. The lowest BCUT2D eigenvalue weighted by Crippen LogP contribution is -2.22. The van der Waals surface area contributed by atoms with Crippen LogP contribution in [0.25, 0.3) is 10.9 Å². The van der Waals surface area contributed by atoms with Gasteiger partial charge in [0.05, 0.1) is 10.4 Å². The highest BCUT2D eigenvalue weighted by molar-refractivity contribution is 6.76. The molecule has 0 aliphatic heterocycles. The van der Waals surface area contributed by atoms with Gasteiger partial charge in [-0.15, -0.1) is 0 Å². The molecule has 0 aliphatic rings. The number of nitro benzene ring substituents is 1. The van der Waals surface area contributed by atoms with Crippen LogP contribution in [-0.2, 0) is 17.6 Å². The molecule has 1 aromatic heterocycles. The molecule has 0 amide bonds. The number of hydrogen-bond donors (Lipinski definition) is 0. The Morgan fingerprint density at radius 3 is 2.54 bits per heavy atom. The third kappa shape index (κ3) is 4.32. The summed E-state index contributed by atoms with van der Waals surface area (Å²) in [6.45, 7) is 6.81. The molecular formula is C14H18F3N3O3Si. The first-order valence-electron chi connectivity index (χ1n) is 7.29. The Morgan fingerprint density at radius 1 is 1.33 bits per heavy atom. The van der Waals surface area contributed by atoms with Gasteiger partial charge in [0.2, 0.25) is 0 Å². The van der Waals surface area contributed by atoms with E-state index in [1.54, 1.807) is 0 Å². The van der Waals surface area contributed by atoms with Crippen molar-refractivity contribution in [2.45, 2.75) is 38.6 Å². The summed E-state index contributed by atoms with van der Waals surface area (Å²) < 4.78 is 45.9. The molecule has 0 saturated carbocycles. The van der Waals surface area contributed by atoms with Gasteiger partial charge in [0.1, 0.15) is 6.73 Å². The van der Waals surface area contributed by atoms with Crippen LogP contribution in [0, 0.1) is 10.1 Å². The third-order valence-electron chi connectivity index (χ3n) is 3.42. The van der Waals surface area contributed by atoms with E-state index in [2.05, 4.69) is 24.7 Å². The van der Waals surface area contributed by atoms with E-state index in [9.17, 15) is 23.3 Å². The molecule has 0 fully saturated rings. The SMILES string of the molecule is C[Si](C)(C)CCOCn1nc(C(F)(F)F)c2cc([N+](=O)[O-])ccc21. The Morgan fingerprint density at radius 2 is 2.00 bits per heavy atom. The molecule has 0 atom stereocenters. The third-order valence-corrected chi connectivity index (χ3v) is 5.13. The molecule has 2 aromatic rings. The number of non-ortho nitro benzene ring substituents is 1. The van der Waals surface area contributed by atoms with Crippen molar-refractivity contribution in [2.24, 2.45) is 0 Å². The Labute approximate surface area is 137 Å². The molecule has 132 valence electrons. The molecule has 0 N–H and O–H groups in total. The van der Waals surface area contributed by atoms with Crippen LogP contribution in [0.2, 0.25) is 25.7 Å². The largest absolute Gasteiger partial charge is 0.435 e. The maximum Gasteiger partial charge on any atom is 0.435 e. The zero-order valence-electron chi connectivity index (χ0n) is 13.6. The number of hydrogen-bond acceptors (Lipinski definition) is 4. The Kier molecular flexibility index (Phi) is 4.99. The van der Waals surface area contributed by atoms with Crippen molar-refractivity contribution in [3.63, 3.8) is 0 Å². The minimum absolute atomic E-state index is 0.130. The lowest BCUT2D eigenvalue weighted by molar-refractivity contribution is -0.384. The van der Waals surface area contributed by atoms with Crippen LogP contribution in [0.15, 0.2) is 18.2 Å². The second kappa shape index (κ2) is 6.52. The fourth-order valence-electron chi connectivity index (χ4n) is 2.12. The van der Waals surface area contributed by atoms with Crippen LogP contribution in [0.4, 0.5) is 18.9 Å². The Bertz CT molecular complexity index is 753. The van der Waals surface area contributed by atoms with Crippen LogP contribution < -0.4 is 0 Å². The zero-order chi connectivity index (χ0) is 18.1. The highest BCUT2D eigenvalue weighted by Crippen LogP contribution is 2.35. The molecule has 0 aliphatic carbocycles. The molecule has 0 unspecified atom stereocenters. The summed E-state index contributed by atoms with van der Waals surface area (Å²) in [5.74, 6) is 0. The minimum Gasteiger partial charge on any atom is -0.360 e. The number of nitrogens with zero attached hydrogens (tertiary/aromatic N) is 3. The average Bonchev–Trinajstić information content (AvgIpc) is 2.80. The smallest absolute Gasteiger partial charge is 0.360 e. The van der Waals surface area contributed by atoms with Gasteiger partial charge in [-0.05, 0) is 12.1 Å². The van der Waals surface area contributed by atoms with E-state index in [1.807, 2.05) is 0 Å². The molecule has 0 spiro atoms. The molecule has 10 heteroatoms. The minimum atomic E-state index is -4.70. The second-order valence-electron chi connectivity index (χ2n) is 6.65. The predicted molar refractivity (Wildman–Crippen MR) is 85.5 cm³/mol. The van der Waals surface area contributed by atoms with Gasteiger partial charge < -0.3 is 4.74 Å². The van der Waals surface area contributed by atoms with Crippen LogP contribution in [0.1, 0.15) is 5.69 Å². The number of ether oxygens (including phenoxy) is 1. The first-order valence-corrected chi connectivity index (χ1v) is 11.0. The maximum absolute atomic E-state index is 13.1. The lowest BCUT2D eigenvalue weighted by atomic mass is 10.2. The van der Waals surface area contributed by atoms with Crippen molar-refractivity contribution in [3.8, 4) is 0 Å². The van der Waals surface area contributed by atoms with E-state index in [1.165, 1.54) is 6.07 Å². The van der Waals surface area contributed by atoms with Gasteiger partial charge in [-0.25, -0.2) is 4.68 Å². The number of rotatable bonds is 6. The van der Waals surface area contributed by atoms with Crippen LogP contribution in [0.3, 0.4) is 0 Å². The van der Waals surface area contributed by atoms with Crippen molar-refractivity contribution in [1.29, 1.82) is 0 Å². The monoisotopic (exact) mass is 361 g/mol. The predicted octanol–water partition coefficient (Wildman–Crippen LogP) is 4.28. The van der Waals surface area contributed by atoms with Crippen LogP contribution >= 0.6 is 0 Å². The number of benzene rings is 1. The first-order chi connectivity index (χ1) is 11.0. The van der Waals surface area contributed by atoms with Crippen molar-refractivity contribution < 1.29 is 22.8 Å². The average molecular weight is 361 g/mol. The fraction of sp³-hybridized carbons (Fsp3) is 0.500. The van der Waals surface area contributed by atoms with Crippen molar-refractivity contribution in [2.75, 3.05) is 6.61 Å². The maximum atomic E-state index is 13.1. The summed E-state index contributed by atoms with van der Waals surface area (Å²) in [6, 6.07) is 4.19. The molecule has 2 rings (SSSR count). The van der Waals surface area contributed by atoms with E-state index in [0.29, 0.717) is 6.61 Å². The summed E-state index contributed by atoms with van der Waals surface area (Å²) in [7, 11) is -1.30. The number of fused-ring (bicyclic) bond motifs is 1. The van der Waals surface area contributed by atoms with E-state index >= 15 is 0 Å². The molecule has 1 aromatic carbocycles. The molecule has 0 radical (unpaired) electrons.